The van der Waals surface area contributed by atoms with E-state index in [1.54, 1.807) is 12.1 Å². The molecule has 3 N–H and O–H groups in total. The van der Waals surface area contributed by atoms with E-state index in [0.717, 1.165) is 4.90 Å². The van der Waals surface area contributed by atoms with Crippen molar-refractivity contribution in [2.45, 2.75) is 12.2 Å². The Bertz CT molecular complexity index is 1490. The third-order valence-corrected chi connectivity index (χ3v) is 6.84. The Hall–Kier alpha value is -4.26. The zero-order valence-corrected chi connectivity index (χ0v) is 19.7. The number of aliphatic carboxylic acids is 1. The lowest BCUT2D eigenvalue weighted by Crippen LogP contribution is -2.38. The smallest absolute Gasteiger partial charge is 0.417 e. The number of benzene rings is 1. The number of nitrogens with one attached hydrogen (secondary N) is 1. The summed E-state index contributed by atoms with van der Waals surface area (Å²) in [6, 6.07) is 5.11. The monoisotopic (exact) mass is 548 g/mol. The lowest BCUT2D eigenvalue weighted by Gasteiger charge is -2.18. The molecule has 1 fully saturated rings. The first-order chi connectivity index (χ1) is 17.9. The maximum absolute atomic E-state index is 13.3. The van der Waals surface area contributed by atoms with Gasteiger partial charge in [0.1, 0.15) is 11.6 Å². The molecule has 2 aliphatic heterocycles. The van der Waals surface area contributed by atoms with Crippen LogP contribution in [0.25, 0.3) is 5.76 Å². The Balaban J connectivity index is 1.38. The molecule has 2 amide bonds. The predicted molar refractivity (Wildman–Crippen MR) is 126 cm³/mol. The number of allylic oxidation sites excluding steroid dienone is 1. The number of aliphatic hydroxyl groups excluding tert-OH is 1. The highest BCUT2D eigenvalue weighted by molar-refractivity contribution is 6.40. The molecule has 2 aromatic rings. The SMILES string of the molecule is O=C1C(C2=N[C@H](C(=O)O)[C@H]3C(=O)N(CCNc4ncc(C(F)(F)F)cc4Cl)C(=O)[C@@H]23)=C(O)c2ccccc21. The predicted octanol–water partition coefficient (Wildman–Crippen LogP) is 2.84. The van der Waals surface area contributed by atoms with E-state index in [2.05, 4.69) is 15.3 Å². The van der Waals surface area contributed by atoms with Crippen LogP contribution in [-0.2, 0) is 20.6 Å². The standard InChI is InChI=1S/C24H16ClF3N4O6/c25-12-7-9(24(26,27)28)8-30-20(12)29-5-6-32-21(35)13-14(22(32)36)17(23(37)38)31-16(13)15-18(33)10-3-1-2-4-11(10)19(15)34/h1-4,7-8,13-14,17,33H,5-6H2,(H,29,30)(H,37,38)/t13-,14+,17+/m1/s1. The second kappa shape index (κ2) is 8.94. The molecule has 1 aliphatic carbocycles. The lowest BCUT2D eigenvalue weighted by atomic mass is 9.85. The van der Waals surface area contributed by atoms with E-state index < -0.39 is 58.9 Å². The molecule has 14 heteroatoms. The number of hydrogen-bond donors (Lipinski definition) is 3. The Morgan fingerprint density at radius 3 is 2.42 bits per heavy atom. The first-order valence-electron chi connectivity index (χ1n) is 11.1. The molecule has 0 radical (unpaired) electrons. The molecule has 1 aromatic carbocycles. The number of fused-ring (bicyclic) bond motifs is 2. The number of carboxylic acid groups (broad SMARTS) is 1. The van der Waals surface area contributed by atoms with Gasteiger partial charge in [-0.25, -0.2) is 9.78 Å². The van der Waals surface area contributed by atoms with E-state index in [1.165, 1.54) is 12.1 Å². The van der Waals surface area contributed by atoms with E-state index in [1.807, 2.05) is 0 Å². The van der Waals surface area contributed by atoms with Crippen LogP contribution in [-0.4, -0.2) is 68.5 Å². The van der Waals surface area contributed by atoms with Gasteiger partial charge >= 0.3 is 12.1 Å². The highest BCUT2D eigenvalue weighted by atomic mass is 35.5. The van der Waals surface area contributed by atoms with Gasteiger partial charge in [-0.15, -0.1) is 0 Å². The number of aliphatic imine (C=N–C) groups is 1. The Labute approximate surface area is 216 Å². The number of alkyl halides is 3. The van der Waals surface area contributed by atoms with Crippen molar-refractivity contribution in [2.24, 2.45) is 16.8 Å². The molecule has 0 spiro atoms. The number of pyridine rings is 1. The topological polar surface area (TPSA) is 149 Å². The lowest BCUT2D eigenvalue weighted by molar-refractivity contribution is -0.145. The molecule has 1 aromatic heterocycles. The summed E-state index contributed by atoms with van der Waals surface area (Å²) >= 11 is 5.86. The summed E-state index contributed by atoms with van der Waals surface area (Å²) in [4.78, 5) is 59.8. The van der Waals surface area contributed by atoms with Crippen molar-refractivity contribution in [1.82, 2.24) is 9.88 Å². The molecular weight excluding hydrogens is 533 g/mol. The van der Waals surface area contributed by atoms with Crippen molar-refractivity contribution < 1.29 is 42.6 Å². The molecule has 196 valence electrons. The van der Waals surface area contributed by atoms with Crippen LogP contribution in [0, 0.1) is 11.8 Å². The number of aromatic nitrogens is 1. The number of hydrogen-bond acceptors (Lipinski definition) is 8. The molecule has 3 aliphatic rings. The summed E-state index contributed by atoms with van der Waals surface area (Å²) in [6.45, 7) is -0.472. The minimum absolute atomic E-state index is 0.117. The molecule has 3 atom stereocenters. The summed E-state index contributed by atoms with van der Waals surface area (Å²) < 4.78 is 38.5. The van der Waals surface area contributed by atoms with Gasteiger partial charge in [-0.05, 0) is 6.07 Å². The number of rotatable bonds is 6. The first-order valence-corrected chi connectivity index (χ1v) is 11.5. The van der Waals surface area contributed by atoms with Gasteiger partial charge in [-0.1, -0.05) is 35.9 Å². The highest BCUT2D eigenvalue weighted by Gasteiger charge is 2.60. The largest absolute Gasteiger partial charge is 0.506 e. The molecular formula is C24H16ClF3N4O6. The second-order valence-corrected chi connectivity index (χ2v) is 9.11. The second-order valence-electron chi connectivity index (χ2n) is 8.71. The molecule has 10 nitrogen and oxygen atoms in total. The molecule has 38 heavy (non-hydrogen) atoms. The fourth-order valence-corrected chi connectivity index (χ4v) is 5.06. The van der Waals surface area contributed by atoms with Gasteiger partial charge in [0.15, 0.2) is 11.8 Å². The number of amides is 2. The van der Waals surface area contributed by atoms with Gasteiger partial charge in [0.25, 0.3) is 0 Å². The zero-order valence-electron chi connectivity index (χ0n) is 19.0. The molecule has 0 bridgehead atoms. The molecule has 0 saturated carbocycles. The number of likely N-dealkylation sites (tertiary alicyclic amines) is 1. The van der Waals surface area contributed by atoms with E-state index in [4.69, 9.17) is 11.6 Å². The van der Waals surface area contributed by atoms with Gasteiger partial charge < -0.3 is 15.5 Å². The van der Waals surface area contributed by atoms with Gasteiger partial charge in [-0.3, -0.25) is 24.3 Å². The number of ketones is 1. The van der Waals surface area contributed by atoms with Gasteiger partial charge in [0.2, 0.25) is 11.8 Å². The minimum Gasteiger partial charge on any atom is -0.506 e. The Morgan fingerprint density at radius 2 is 1.82 bits per heavy atom. The number of carbonyl (C=O) groups is 4. The highest BCUT2D eigenvalue weighted by Crippen LogP contribution is 2.43. The molecule has 0 unspecified atom stereocenters. The summed E-state index contributed by atoms with van der Waals surface area (Å²) in [5.41, 5.74) is -1.31. The van der Waals surface area contributed by atoms with Crippen molar-refractivity contribution in [3.05, 3.63) is 63.8 Å². The average Bonchev–Trinajstić information content (AvgIpc) is 3.45. The van der Waals surface area contributed by atoms with Crippen LogP contribution < -0.4 is 5.32 Å². The number of halogens is 4. The zero-order chi connectivity index (χ0) is 27.5. The van der Waals surface area contributed by atoms with E-state index in [9.17, 15) is 42.6 Å². The Kier molecular flexibility index (Phi) is 5.97. The van der Waals surface area contributed by atoms with Gasteiger partial charge in [0.05, 0.1) is 33.7 Å². The average molecular weight is 549 g/mol. The van der Waals surface area contributed by atoms with Gasteiger partial charge in [0, 0.05) is 30.4 Å². The maximum atomic E-state index is 13.3. The van der Waals surface area contributed by atoms with Crippen LogP contribution >= 0.6 is 11.6 Å². The molecule has 5 rings (SSSR count). The summed E-state index contributed by atoms with van der Waals surface area (Å²) in [6.07, 6.45) is -4.07. The van der Waals surface area contributed by atoms with Crippen LogP contribution in [0.4, 0.5) is 19.0 Å². The number of nitrogens with zero attached hydrogens (tertiary/aromatic N) is 3. The van der Waals surface area contributed by atoms with Crippen molar-refractivity contribution in [2.75, 3.05) is 18.4 Å². The number of carbonyl (C=O) groups excluding carboxylic acids is 3. The van der Waals surface area contributed by atoms with Crippen molar-refractivity contribution in [3.8, 4) is 0 Å². The quantitative estimate of drug-likeness (QED) is 0.467. The first kappa shape index (κ1) is 25.4. The number of imide groups is 1. The van der Waals surface area contributed by atoms with Crippen molar-refractivity contribution >= 4 is 52.5 Å². The molecule has 1 saturated heterocycles. The summed E-state index contributed by atoms with van der Waals surface area (Å²) in [5, 5.41) is 22.7. The van der Waals surface area contributed by atoms with Crippen LogP contribution in [0.2, 0.25) is 5.02 Å². The number of aliphatic hydroxyl groups is 1. The maximum Gasteiger partial charge on any atom is 0.417 e. The van der Waals surface area contributed by atoms with Crippen LogP contribution in [0.15, 0.2) is 47.1 Å². The van der Waals surface area contributed by atoms with E-state index >= 15 is 0 Å². The van der Waals surface area contributed by atoms with Crippen LogP contribution in [0.3, 0.4) is 0 Å². The fourth-order valence-electron chi connectivity index (χ4n) is 4.83. The van der Waals surface area contributed by atoms with Crippen molar-refractivity contribution in [1.29, 1.82) is 0 Å². The normalized spacial score (nSPS) is 22.6. The molecule has 3 heterocycles. The van der Waals surface area contributed by atoms with Crippen molar-refractivity contribution in [3.63, 3.8) is 0 Å². The summed E-state index contributed by atoms with van der Waals surface area (Å²) in [7, 11) is 0. The van der Waals surface area contributed by atoms with Crippen LogP contribution in [0.1, 0.15) is 21.5 Å². The van der Waals surface area contributed by atoms with Crippen LogP contribution in [0.5, 0.6) is 0 Å². The third-order valence-electron chi connectivity index (χ3n) is 6.55. The van der Waals surface area contributed by atoms with E-state index in [0.29, 0.717) is 12.3 Å². The Morgan fingerprint density at radius 1 is 1.13 bits per heavy atom. The number of anilines is 1. The number of Topliss-reactive ketones (excluding diaryl/α,β-unsaturated/α-hetero) is 1. The van der Waals surface area contributed by atoms with Gasteiger partial charge in [-0.2, -0.15) is 13.2 Å². The third kappa shape index (κ3) is 3.90. The summed E-state index contributed by atoms with van der Waals surface area (Å²) in [5.74, 6) is -7.22. The fraction of sp³-hybridized carbons (Fsp3) is 0.250. The minimum atomic E-state index is -4.65. The van der Waals surface area contributed by atoms with E-state index in [-0.39, 0.29) is 46.3 Å². The number of carboxylic acids is 1.